The third-order valence-corrected chi connectivity index (χ3v) is 3.93. The molecule has 3 N–H and O–H groups in total. The topological polar surface area (TPSA) is 93.9 Å². The summed E-state index contributed by atoms with van der Waals surface area (Å²) >= 11 is 0. The summed E-state index contributed by atoms with van der Waals surface area (Å²) in [6, 6.07) is 7.58. The molecule has 2 amide bonds. The lowest BCUT2D eigenvalue weighted by Crippen LogP contribution is -2.44. The third-order valence-electron chi connectivity index (χ3n) is 3.93. The highest BCUT2D eigenvalue weighted by Crippen LogP contribution is 2.17. The zero-order valence-electron chi connectivity index (χ0n) is 14.0. The van der Waals surface area contributed by atoms with Crippen LogP contribution in [0.1, 0.15) is 18.4 Å². The van der Waals surface area contributed by atoms with E-state index < -0.39 is 0 Å². The molecule has 2 rings (SSSR count). The number of rotatable bonds is 8. The van der Waals surface area contributed by atoms with E-state index in [1.54, 1.807) is 12.0 Å². The minimum Gasteiger partial charge on any atom is -0.497 e. The van der Waals surface area contributed by atoms with E-state index in [1.165, 1.54) is 0 Å². The van der Waals surface area contributed by atoms with Gasteiger partial charge in [-0.25, -0.2) is 0 Å². The molecular formula is C17H25N3O4. The van der Waals surface area contributed by atoms with Gasteiger partial charge in [-0.15, -0.1) is 0 Å². The van der Waals surface area contributed by atoms with Crippen LogP contribution in [0.25, 0.3) is 0 Å². The van der Waals surface area contributed by atoms with Gasteiger partial charge in [0.1, 0.15) is 5.75 Å². The number of hydrogen-bond donors (Lipinski definition) is 2. The summed E-state index contributed by atoms with van der Waals surface area (Å²) in [5.41, 5.74) is 6.21. The molecular weight excluding hydrogens is 310 g/mol. The van der Waals surface area contributed by atoms with Gasteiger partial charge < -0.3 is 25.4 Å². The molecule has 132 valence electrons. The number of carbonyl (C=O) groups excluding carboxylic acids is 2. The summed E-state index contributed by atoms with van der Waals surface area (Å²) in [7, 11) is 1.61. The zero-order valence-corrected chi connectivity index (χ0v) is 14.0. The molecule has 0 spiro atoms. The average Bonchev–Trinajstić information content (AvgIpc) is 3.12. The standard InChI is InChI=1S/C17H25N3O4/c1-23-14-5-2-4-13(8-14)11-20(12-15-6-3-7-24-15)17(22)10-19-16(21)9-18/h2,4-5,8,15H,3,6-7,9-12,18H2,1H3,(H,19,21). The van der Waals surface area contributed by atoms with E-state index >= 15 is 0 Å². The summed E-state index contributed by atoms with van der Waals surface area (Å²) in [5, 5.41) is 2.53. The molecule has 1 heterocycles. The Bertz CT molecular complexity index is 559. The quantitative estimate of drug-likeness (QED) is 0.712. The molecule has 1 atom stereocenters. The lowest BCUT2D eigenvalue weighted by molar-refractivity contribution is -0.134. The van der Waals surface area contributed by atoms with Crippen molar-refractivity contribution in [3.8, 4) is 5.75 Å². The number of carbonyl (C=O) groups is 2. The van der Waals surface area contributed by atoms with Crippen molar-refractivity contribution in [3.63, 3.8) is 0 Å². The van der Waals surface area contributed by atoms with Crippen LogP contribution in [0.3, 0.4) is 0 Å². The minimum absolute atomic E-state index is 0.0461. The summed E-state index contributed by atoms with van der Waals surface area (Å²) in [6.07, 6.45) is 2.00. The van der Waals surface area contributed by atoms with E-state index in [0.717, 1.165) is 30.8 Å². The van der Waals surface area contributed by atoms with Crippen LogP contribution in [0.15, 0.2) is 24.3 Å². The van der Waals surface area contributed by atoms with Gasteiger partial charge in [0.05, 0.1) is 26.3 Å². The fraction of sp³-hybridized carbons (Fsp3) is 0.529. The van der Waals surface area contributed by atoms with Crippen molar-refractivity contribution < 1.29 is 19.1 Å². The van der Waals surface area contributed by atoms with Crippen molar-refractivity contribution in [2.24, 2.45) is 5.73 Å². The molecule has 0 aliphatic carbocycles. The van der Waals surface area contributed by atoms with Crippen LogP contribution in [-0.2, 0) is 20.9 Å². The molecule has 0 saturated carbocycles. The van der Waals surface area contributed by atoms with Crippen molar-refractivity contribution in [1.82, 2.24) is 10.2 Å². The summed E-state index contributed by atoms with van der Waals surface area (Å²) < 4.78 is 10.9. The number of nitrogens with zero attached hydrogens (tertiary/aromatic N) is 1. The lowest BCUT2D eigenvalue weighted by atomic mass is 10.1. The van der Waals surface area contributed by atoms with Crippen molar-refractivity contribution in [3.05, 3.63) is 29.8 Å². The molecule has 1 aliphatic rings. The first-order valence-corrected chi connectivity index (χ1v) is 8.11. The molecule has 24 heavy (non-hydrogen) atoms. The Kier molecular flexibility index (Phi) is 7.02. The second-order valence-corrected chi connectivity index (χ2v) is 5.74. The van der Waals surface area contributed by atoms with Gasteiger partial charge in [-0.05, 0) is 30.5 Å². The molecule has 7 heteroatoms. The van der Waals surface area contributed by atoms with E-state index in [1.807, 2.05) is 24.3 Å². The number of methoxy groups -OCH3 is 1. The Balaban J connectivity index is 2.02. The molecule has 0 aromatic heterocycles. The maximum Gasteiger partial charge on any atom is 0.242 e. The Hall–Kier alpha value is -2.12. The minimum atomic E-state index is -0.346. The Morgan fingerprint density at radius 1 is 1.46 bits per heavy atom. The van der Waals surface area contributed by atoms with E-state index in [2.05, 4.69) is 5.32 Å². The van der Waals surface area contributed by atoms with Gasteiger partial charge in [0.15, 0.2) is 0 Å². The molecule has 1 aliphatic heterocycles. The molecule has 7 nitrogen and oxygen atoms in total. The Labute approximate surface area is 142 Å². The number of nitrogens with two attached hydrogens (primary N) is 1. The molecule has 1 saturated heterocycles. The van der Waals surface area contributed by atoms with E-state index in [4.69, 9.17) is 15.2 Å². The fourth-order valence-corrected chi connectivity index (χ4v) is 2.64. The first-order valence-electron chi connectivity index (χ1n) is 8.11. The van der Waals surface area contributed by atoms with Crippen LogP contribution >= 0.6 is 0 Å². The summed E-state index contributed by atoms with van der Waals surface area (Å²) in [6.45, 7) is 1.49. The normalized spacial score (nSPS) is 16.7. The van der Waals surface area contributed by atoms with Crippen LogP contribution in [-0.4, -0.2) is 56.2 Å². The second-order valence-electron chi connectivity index (χ2n) is 5.74. The van der Waals surface area contributed by atoms with Crippen LogP contribution < -0.4 is 15.8 Å². The highest BCUT2D eigenvalue weighted by atomic mass is 16.5. The number of amides is 2. The van der Waals surface area contributed by atoms with Crippen molar-refractivity contribution in [2.45, 2.75) is 25.5 Å². The first-order chi connectivity index (χ1) is 11.6. The summed E-state index contributed by atoms with van der Waals surface area (Å²) in [5.74, 6) is 0.241. The molecule has 1 aromatic rings. The molecule has 1 unspecified atom stereocenters. The van der Waals surface area contributed by atoms with Crippen LogP contribution in [0.5, 0.6) is 5.75 Å². The number of hydrogen-bond acceptors (Lipinski definition) is 5. The van der Waals surface area contributed by atoms with E-state index in [9.17, 15) is 9.59 Å². The van der Waals surface area contributed by atoms with Gasteiger partial charge in [-0.2, -0.15) is 0 Å². The largest absolute Gasteiger partial charge is 0.497 e. The average molecular weight is 335 g/mol. The van der Waals surface area contributed by atoms with E-state index in [-0.39, 0.29) is 31.0 Å². The summed E-state index contributed by atoms with van der Waals surface area (Å²) in [4.78, 5) is 25.5. The van der Waals surface area contributed by atoms with Crippen LogP contribution in [0, 0.1) is 0 Å². The number of nitrogens with one attached hydrogen (secondary N) is 1. The molecule has 1 aromatic carbocycles. The second kappa shape index (κ2) is 9.24. The number of ether oxygens (including phenoxy) is 2. The first kappa shape index (κ1) is 18.2. The van der Waals surface area contributed by atoms with Gasteiger partial charge in [0.25, 0.3) is 0 Å². The van der Waals surface area contributed by atoms with Crippen LogP contribution in [0.2, 0.25) is 0 Å². The Morgan fingerprint density at radius 3 is 2.96 bits per heavy atom. The van der Waals surface area contributed by atoms with Crippen LogP contribution in [0.4, 0.5) is 0 Å². The third kappa shape index (κ3) is 5.50. The van der Waals surface area contributed by atoms with Gasteiger partial charge >= 0.3 is 0 Å². The van der Waals surface area contributed by atoms with Gasteiger partial charge in [0.2, 0.25) is 11.8 Å². The highest BCUT2D eigenvalue weighted by Gasteiger charge is 2.23. The van der Waals surface area contributed by atoms with Crippen molar-refractivity contribution >= 4 is 11.8 Å². The van der Waals surface area contributed by atoms with Gasteiger partial charge in [-0.1, -0.05) is 12.1 Å². The van der Waals surface area contributed by atoms with Gasteiger partial charge in [0, 0.05) is 19.7 Å². The smallest absolute Gasteiger partial charge is 0.242 e. The Morgan fingerprint density at radius 2 is 2.29 bits per heavy atom. The predicted octanol–water partition coefficient (Wildman–Crippen LogP) is 0.278. The lowest BCUT2D eigenvalue weighted by Gasteiger charge is -2.26. The van der Waals surface area contributed by atoms with Gasteiger partial charge in [-0.3, -0.25) is 9.59 Å². The van der Waals surface area contributed by atoms with E-state index in [0.29, 0.717) is 13.1 Å². The molecule has 1 fully saturated rings. The zero-order chi connectivity index (χ0) is 17.4. The fourth-order valence-electron chi connectivity index (χ4n) is 2.64. The monoisotopic (exact) mass is 335 g/mol. The van der Waals surface area contributed by atoms with Crippen molar-refractivity contribution in [2.75, 3.05) is 33.4 Å². The SMILES string of the molecule is COc1cccc(CN(CC2CCCO2)C(=O)CNC(=O)CN)c1. The maximum absolute atomic E-state index is 12.5. The molecule has 0 radical (unpaired) electrons. The maximum atomic E-state index is 12.5. The predicted molar refractivity (Wildman–Crippen MR) is 89.4 cm³/mol. The number of benzene rings is 1. The van der Waals surface area contributed by atoms with Crippen molar-refractivity contribution in [1.29, 1.82) is 0 Å². The molecule has 0 bridgehead atoms. The highest BCUT2D eigenvalue weighted by molar-refractivity contribution is 5.85.